The maximum absolute atomic E-state index is 13.4. The number of allylic oxidation sites excluding steroid dienone is 1. The Morgan fingerprint density at radius 3 is 2.44 bits per heavy atom. The molecule has 0 aliphatic rings. The molecule has 0 unspecified atom stereocenters. The third-order valence-electron chi connectivity index (χ3n) is 2.19. The molecule has 4 N–H and O–H groups in total. The number of hydrazine groups is 1. The predicted octanol–water partition coefficient (Wildman–Crippen LogP) is 2.83. The summed E-state index contributed by atoms with van der Waals surface area (Å²) in [6.45, 7) is 1.34. The zero-order chi connectivity index (χ0) is 14.1. The first-order chi connectivity index (χ1) is 8.14. The second-order valence-electron chi connectivity index (χ2n) is 3.49. The lowest BCUT2D eigenvalue weighted by atomic mass is 10.2. The summed E-state index contributed by atoms with van der Waals surface area (Å²) in [6.07, 6.45) is -4.23. The molecule has 100 valence electrons. The maximum Gasteiger partial charge on any atom is 0.432 e. The van der Waals surface area contributed by atoms with E-state index < -0.39 is 17.7 Å². The molecule has 0 heterocycles. The van der Waals surface area contributed by atoms with Gasteiger partial charge in [-0.2, -0.15) is 13.2 Å². The molecule has 0 aliphatic heterocycles. The van der Waals surface area contributed by atoms with Gasteiger partial charge in [-0.1, -0.05) is 11.6 Å². The molecule has 3 nitrogen and oxygen atoms in total. The number of anilines is 1. The van der Waals surface area contributed by atoms with Crippen molar-refractivity contribution in [1.82, 2.24) is 0 Å². The predicted molar refractivity (Wildman–Crippen MR) is 61.1 cm³/mol. The molecular weight excluding hydrogens is 274 g/mol. The summed E-state index contributed by atoms with van der Waals surface area (Å²) in [7, 11) is 0. The molecule has 0 aromatic heterocycles. The van der Waals surface area contributed by atoms with Crippen molar-refractivity contribution in [3.8, 4) is 0 Å². The number of nitrogens with zero attached hydrogens (tertiary/aromatic N) is 1. The number of hydrogen-bond acceptors (Lipinski definition) is 3. The minimum atomic E-state index is -4.70. The van der Waals surface area contributed by atoms with Gasteiger partial charge in [-0.15, -0.1) is 0 Å². The standard InChI is InChI=1S/C10H10ClF4N3/c1-5-7(3-2-6(11)9(5)12)18(17)4-8(16)10(13,14)15/h2-4H,16-17H2,1H3/b8-4-. The van der Waals surface area contributed by atoms with Crippen LogP contribution in [0, 0.1) is 12.7 Å². The van der Waals surface area contributed by atoms with Gasteiger partial charge >= 0.3 is 6.18 Å². The Hall–Kier alpha value is -1.47. The van der Waals surface area contributed by atoms with Crippen molar-refractivity contribution >= 4 is 17.3 Å². The Bertz CT molecular complexity index is 485. The lowest BCUT2D eigenvalue weighted by Gasteiger charge is -2.19. The van der Waals surface area contributed by atoms with Crippen molar-refractivity contribution in [3.63, 3.8) is 0 Å². The van der Waals surface area contributed by atoms with Crippen molar-refractivity contribution in [3.05, 3.63) is 40.4 Å². The van der Waals surface area contributed by atoms with Crippen LogP contribution in [-0.2, 0) is 0 Å². The molecule has 0 spiro atoms. The van der Waals surface area contributed by atoms with Crippen LogP contribution in [0.1, 0.15) is 5.56 Å². The number of rotatable bonds is 2. The molecule has 0 radical (unpaired) electrons. The summed E-state index contributed by atoms with van der Waals surface area (Å²) < 4.78 is 50.0. The fraction of sp³-hybridized carbons (Fsp3) is 0.200. The molecule has 0 amide bonds. The largest absolute Gasteiger partial charge is 0.432 e. The minimum Gasteiger partial charge on any atom is -0.393 e. The van der Waals surface area contributed by atoms with E-state index in [-0.39, 0.29) is 16.3 Å². The van der Waals surface area contributed by atoms with Crippen LogP contribution in [0.2, 0.25) is 5.02 Å². The summed E-state index contributed by atoms with van der Waals surface area (Å²) in [4.78, 5) is 0. The van der Waals surface area contributed by atoms with E-state index in [1.807, 2.05) is 0 Å². The lowest BCUT2D eigenvalue weighted by Crippen LogP contribution is -2.30. The fourth-order valence-corrected chi connectivity index (χ4v) is 1.42. The topological polar surface area (TPSA) is 55.3 Å². The van der Waals surface area contributed by atoms with E-state index in [1.54, 1.807) is 0 Å². The molecule has 8 heteroatoms. The van der Waals surface area contributed by atoms with Gasteiger partial charge in [0, 0.05) is 11.8 Å². The average molecular weight is 284 g/mol. The molecule has 0 fully saturated rings. The molecule has 1 aromatic rings. The molecule has 0 bridgehead atoms. The third kappa shape index (κ3) is 3.05. The monoisotopic (exact) mass is 283 g/mol. The van der Waals surface area contributed by atoms with Crippen LogP contribution in [-0.4, -0.2) is 6.18 Å². The van der Waals surface area contributed by atoms with E-state index in [4.69, 9.17) is 23.2 Å². The summed E-state index contributed by atoms with van der Waals surface area (Å²) in [6, 6.07) is 2.48. The van der Waals surface area contributed by atoms with Gasteiger partial charge in [0.2, 0.25) is 0 Å². The van der Waals surface area contributed by atoms with Crippen molar-refractivity contribution in [1.29, 1.82) is 0 Å². The highest BCUT2D eigenvalue weighted by Gasteiger charge is 2.32. The SMILES string of the molecule is Cc1c(N(N)/C=C(\N)C(F)(F)F)ccc(Cl)c1F. The highest BCUT2D eigenvalue weighted by atomic mass is 35.5. The quantitative estimate of drug-likeness (QED) is 0.498. The van der Waals surface area contributed by atoms with Crippen LogP contribution in [0.5, 0.6) is 0 Å². The zero-order valence-corrected chi connectivity index (χ0v) is 9.98. The summed E-state index contributed by atoms with van der Waals surface area (Å²) in [5.74, 6) is 4.63. The van der Waals surface area contributed by atoms with E-state index in [0.29, 0.717) is 11.2 Å². The maximum atomic E-state index is 13.4. The van der Waals surface area contributed by atoms with Crippen molar-refractivity contribution in [2.24, 2.45) is 11.6 Å². The van der Waals surface area contributed by atoms with Gasteiger partial charge in [0.15, 0.2) is 0 Å². The first-order valence-corrected chi connectivity index (χ1v) is 5.05. The van der Waals surface area contributed by atoms with Gasteiger partial charge in [0.25, 0.3) is 0 Å². The molecule has 1 aromatic carbocycles. The normalized spacial score (nSPS) is 12.7. The van der Waals surface area contributed by atoms with E-state index in [9.17, 15) is 17.6 Å². The summed E-state index contributed by atoms with van der Waals surface area (Å²) in [5.41, 5.74) is 3.47. The van der Waals surface area contributed by atoms with E-state index >= 15 is 0 Å². The van der Waals surface area contributed by atoms with Gasteiger partial charge in [0.1, 0.15) is 11.5 Å². The molecule has 0 atom stereocenters. The van der Waals surface area contributed by atoms with Crippen LogP contribution in [0.4, 0.5) is 23.2 Å². The van der Waals surface area contributed by atoms with Crippen LogP contribution >= 0.6 is 11.6 Å². The second-order valence-corrected chi connectivity index (χ2v) is 3.90. The minimum absolute atomic E-state index is 0.0243. The second kappa shape index (κ2) is 5.03. The van der Waals surface area contributed by atoms with Crippen LogP contribution in [0.25, 0.3) is 0 Å². The van der Waals surface area contributed by atoms with Crippen molar-refractivity contribution in [2.75, 3.05) is 5.01 Å². The van der Waals surface area contributed by atoms with Gasteiger partial charge in [0.05, 0.1) is 10.7 Å². The molecule has 18 heavy (non-hydrogen) atoms. The van der Waals surface area contributed by atoms with Crippen LogP contribution in [0.3, 0.4) is 0 Å². The number of benzene rings is 1. The van der Waals surface area contributed by atoms with E-state index in [2.05, 4.69) is 0 Å². The third-order valence-corrected chi connectivity index (χ3v) is 2.49. The molecule has 0 saturated heterocycles. The van der Waals surface area contributed by atoms with Crippen LogP contribution in [0.15, 0.2) is 24.0 Å². The Morgan fingerprint density at radius 2 is 1.94 bits per heavy atom. The zero-order valence-electron chi connectivity index (χ0n) is 9.22. The van der Waals surface area contributed by atoms with Crippen LogP contribution < -0.4 is 16.6 Å². The highest BCUT2D eigenvalue weighted by Crippen LogP contribution is 2.28. The van der Waals surface area contributed by atoms with E-state index in [1.165, 1.54) is 19.1 Å². The average Bonchev–Trinajstić information content (AvgIpc) is 2.24. The van der Waals surface area contributed by atoms with Gasteiger partial charge < -0.3 is 5.73 Å². The Balaban J connectivity index is 3.13. The molecule has 0 aliphatic carbocycles. The first kappa shape index (κ1) is 14.6. The summed E-state index contributed by atoms with van der Waals surface area (Å²) in [5, 5.41) is 0.454. The van der Waals surface area contributed by atoms with Gasteiger partial charge in [-0.3, -0.25) is 5.01 Å². The smallest absolute Gasteiger partial charge is 0.393 e. The molecule has 1 rings (SSSR count). The Labute approximate surface area is 106 Å². The molecular formula is C10H10ClF4N3. The van der Waals surface area contributed by atoms with Gasteiger partial charge in [-0.25, -0.2) is 10.2 Å². The van der Waals surface area contributed by atoms with E-state index in [0.717, 1.165) is 0 Å². The fourth-order valence-electron chi connectivity index (χ4n) is 1.21. The number of nitrogens with two attached hydrogens (primary N) is 2. The lowest BCUT2D eigenvalue weighted by molar-refractivity contribution is -0.0928. The molecule has 0 saturated carbocycles. The highest BCUT2D eigenvalue weighted by molar-refractivity contribution is 6.30. The van der Waals surface area contributed by atoms with Crippen molar-refractivity contribution < 1.29 is 17.6 Å². The van der Waals surface area contributed by atoms with Crippen molar-refractivity contribution in [2.45, 2.75) is 13.1 Å². The Morgan fingerprint density at radius 1 is 1.39 bits per heavy atom. The number of alkyl halides is 3. The number of hydrogen-bond donors (Lipinski definition) is 2. The number of halogens is 5. The van der Waals surface area contributed by atoms with Gasteiger partial charge in [-0.05, 0) is 19.1 Å². The first-order valence-electron chi connectivity index (χ1n) is 4.67. The Kier molecular flexibility index (Phi) is 4.08. The summed E-state index contributed by atoms with van der Waals surface area (Å²) >= 11 is 5.51.